The number of halogens is 1. The summed E-state index contributed by atoms with van der Waals surface area (Å²) in [7, 11) is 0. The molecule has 43 heavy (non-hydrogen) atoms. The monoisotopic (exact) mass is 630 g/mol. The van der Waals surface area contributed by atoms with E-state index in [2.05, 4.69) is 0 Å². The van der Waals surface area contributed by atoms with Gasteiger partial charge in [-0.05, 0) is 36.7 Å². The van der Waals surface area contributed by atoms with Crippen molar-refractivity contribution in [3.63, 3.8) is 0 Å². The van der Waals surface area contributed by atoms with Crippen molar-refractivity contribution in [2.75, 3.05) is 6.61 Å². The number of aliphatic hydroxyl groups excluding tert-OH is 6. The van der Waals surface area contributed by atoms with Gasteiger partial charge in [0.05, 0.1) is 12.7 Å². The van der Waals surface area contributed by atoms with E-state index in [0.29, 0.717) is 0 Å². The number of aliphatic hydroxyl groups is 6. The van der Waals surface area contributed by atoms with Crippen LogP contribution in [0.15, 0.2) is 36.1 Å². The molecule has 10 atom stereocenters. The lowest BCUT2D eigenvalue weighted by atomic mass is 9.98. The van der Waals surface area contributed by atoms with Gasteiger partial charge in [0, 0.05) is 29.7 Å². The highest BCUT2D eigenvalue weighted by molar-refractivity contribution is 6.22. The lowest BCUT2D eigenvalue weighted by molar-refractivity contribution is -0.336. The van der Waals surface area contributed by atoms with Gasteiger partial charge in [0.25, 0.3) is 0 Å². The minimum Gasteiger partial charge on any atom is -0.508 e. The molecule has 0 radical (unpaired) electrons. The molecule has 0 saturated carbocycles. The van der Waals surface area contributed by atoms with Gasteiger partial charge in [0.2, 0.25) is 0 Å². The lowest BCUT2D eigenvalue weighted by Gasteiger charge is -2.46. The molecule has 3 heterocycles. The number of allylic oxidation sites excluding steroid dienone is 1. The molecule has 2 fully saturated rings. The smallest absolute Gasteiger partial charge is 0.320 e. The number of alkyl halides is 1. The first-order valence-corrected chi connectivity index (χ1v) is 13.5. The minimum atomic E-state index is -2.63. The predicted octanol–water partition coefficient (Wildman–Crippen LogP) is -0.953. The van der Waals surface area contributed by atoms with E-state index < -0.39 is 78.5 Å². The number of hydrogen-bond donors (Lipinski definition) is 10. The molecule has 0 bridgehead atoms. The highest BCUT2D eigenvalue weighted by atomic mass is 35.5. The van der Waals surface area contributed by atoms with Crippen molar-refractivity contribution < 1.29 is 74.7 Å². The van der Waals surface area contributed by atoms with Crippen molar-refractivity contribution in [3.8, 4) is 28.7 Å². The maximum atomic E-state index is 10.8. The molecule has 3 aliphatic rings. The SMILES string of the molecule is C[C@H]1O[C@H](OC[C@@H]2O[C@@](Cl)(OC3=C(c4ccc(O)c(O)c4)Oc4cc(O)cc(O)c4C3)[C@@H](O)[C@H](O)[C@H]2O)[C@@H](O)[C@@H](O)[C@@H]1O. The number of aromatic hydroxyl groups is 4. The number of phenols is 4. The Morgan fingerprint density at radius 2 is 1.58 bits per heavy atom. The summed E-state index contributed by atoms with van der Waals surface area (Å²) in [6.07, 6.45) is -14.7. The van der Waals surface area contributed by atoms with Crippen molar-refractivity contribution in [2.24, 2.45) is 0 Å². The molecule has 0 aromatic heterocycles. The van der Waals surface area contributed by atoms with Crippen LogP contribution < -0.4 is 4.74 Å². The normalized spacial score (nSPS) is 36.1. The van der Waals surface area contributed by atoms with Crippen LogP contribution >= 0.6 is 11.6 Å². The third-order valence-electron chi connectivity index (χ3n) is 7.43. The van der Waals surface area contributed by atoms with E-state index in [9.17, 15) is 51.1 Å². The van der Waals surface area contributed by atoms with Crippen molar-refractivity contribution >= 4 is 17.4 Å². The lowest BCUT2D eigenvalue weighted by Crippen LogP contribution is -2.64. The fraction of sp³-hybridized carbons (Fsp3) is 0.481. The molecular formula is C27H31ClO15. The molecule has 236 valence electrons. The van der Waals surface area contributed by atoms with Gasteiger partial charge >= 0.3 is 5.25 Å². The minimum absolute atomic E-state index is 0.00968. The second kappa shape index (κ2) is 11.8. The number of fused-ring (bicyclic) bond motifs is 1. The van der Waals surface area contributed by atoms with E-state index in [-0.39, 0.29) is 46.3 Å². The summed E-state index contributed by atoms with van der Waals surface area (Å²) < 4.78 is 28.2. The van der Waals surface area contributed by atoms with E-state index in [0.717, 1.165) is 18.2 Å². The summed E-state index contributed by atoms with van der Waals surface area (Å²) in [6, 6.07) is 5.88. The Morgan fingerprint density at radius 1 is 0.860 bits per heavy atom. The Kier molecular flexibility index (Phi) is 8.58. The van der Waals surface area contributed by atoms with Gasteiger partial charge in [-0.1, -0.05) is 0 Å². The molecule has 2 aromatic carbocycles. The molecule has 10 N–H and O–H groups in total. The van der Waals surface area contributed by atoms with E-state index in [1.54, 1.807) is 0 Å². The first kappa shape index (κ1) is 31.3. The van der Waals surface area contributed by atoms with Crippen LogP contribution in [0, 0.1) is 0 Å². The van der Waals surface area contributed by atoms with Crippen LogP contribution in [0.2, 0.25) is 0 Å². The largest absolute Gasteiger partial charge is 0.508 e. The third-order valence-corrected chi connectivity index (χ3v) is 7.82. The first-order chi connectivity index (χ1) is 20.2. The van der Waals surface area contributed by atoms with Crippen LogP contribution in [0.4, 0.5) is 0 Å². The first-order valence-electron chi connectivity index (χ1n) is 13.1. The van der Waals surface area contributed by atoms with Crippen LogP contribution in [-0.2, 0) is 25.4 Å². The summed E-state index contributed by atoms with van der Waals surface area (Å²) in [5, 5.41) is 99.8. The van der Waals surface area contributed by atoms with E-state index in [1.165, 1.54) is 19.1 Å². The Balaban J connectivity index is 1.44. The van der Waals surface area contributed by atoms with Crippen molar-refractivity contribution in [1.29, 1.82) is 0 Å². The Labute approximate surface area is 248 Å². The van der Waals surface area contributed by atoms with Gasteiger partial charge < -0.3 is 74.7 Å². The number of hydrogen-bond acceptors (Lipinski definition) is 15. The van der Waals surface area contributed by atoms with Crippen LogP contribution in [0.5, 0.6) is 28.7 Å². The quantitative estimate of drug-likeness (QED) is 0.136. The average Bonchev–Trinajstić information content (AvgIpc) is 2.96. The molecule has 3 aliphatic heterocycles. The van der Waals surface area contributed by atoms with Gasteiger partial charge in [-0.2, -0.15) is 0 Å². The summed E-state index contributed by atoms with van der Waals surface area (Å²) in [6.45, 7) is 0.819. The van der Waals surface area contributed by atoms with Gasteiger partial charge in [-0.3, -0.25) is 0 Å². The van der Waals surface area contributed by atoms with Gasteiger partial charge in [-0.25, -0.2) is 0 Å². The molecule has 0 aliphatic carbocycles. The van der Waals surface area contributed by atoms with Crippen LogP contribution in [0.25, 0.3) is 5.76 Å². The molecule has 5 rings (SSSR count). The standard InChI is InChI=1S/C27H31ClO15/c1-9-19(33)21(35)23(37)26(40-9)39-8-18-20(34)22(36)25(38)27(28,43-18)42-17-7-12-14(31)5-11(29)6-16(12)41-24(17)10-2-3-13(30)15(32)4-10/h2-6,9,18-23,25-26,29-38H,7-8H2,1H3/t9-,18+,19-,20+,21+,22-,23+,25+,26+,27+/m1/s1. The summed E-state index contributed by atoms with van der Waals surface area (Å²) in [5.74, 6) is -2.01. The maximum Gasteiger partial charge on any atom is 0.320 e. The average molecular weight is 631 g/mol. The van der Waals surface area contributed by atoms with E-state index in [4.69, 9.17) is 35.3 Å². The maximum absolute atomic E-state index is 10.8. The van der Waals surface area contributed by atoms with Gasteiger partial charge in [0.1, 0.15) is 59.6 Å². The highest BCUT2D eigenvalue weighted by Gasteiger charge is 2.56. The van der Waals surface area contributed by atoms with Gasteiger partial charge in [0.15, 0.2) is 29.7 Å². The molecule has 15 nitrogen and oxygen atoms in total. The molecule has 2 aromatic rings. The Bertz CT molecular complexity index is 1390. The van der Waals surface area contributed by atoms with Crippen LogP contribution in [0.3, 0.4) is 0 Å². The second-order valence-electron chi connectivity index (χ2n) is 10.5. The Hall–Kier alpha value is -3.09. The third kappa shape index (κ3) is 5.88. The zero-order valence-corrected chi connectivity index (χ0v) is 23.1. The highest BCUT2D eigenvalue weighted by Crippen LogP contribution is 2.46. The fourth-order valence-corrected chi connectivity index (χ4v) is 5.28. The number of benzene rings is 2. The van der Waals surface area contributed by atoms with Gasteiger partial charge in [-0.15, -0.1) is 0 Å². The van der Waals surface area contributed by atoms with Crippen LogP contribution in [-0.4, -0.2) is 118 Å². The number of ether oxygens (including phenoxy) is 5. The topological polar surface area (TPSA) is 248 Å². The molecule has 0 unspecified atom stereocenters. The molecule has 0 spiro atoms. The fourth-order valence-electron chi connectivity index (χ4n) is 4.94. The van der Waals surface area contributed by atoms with E-state index in [1.807, 2.05) is 0 Å². The Morgan fingerprint density at radius 3 is 2.28 bits per heavy atom. The van der Waals surface area contributed by atoms with Crippen molar-refractivity contribution in [1.82, 2.24) is 0 Å². The van der Waals surface area contributed by atoms with Crippen molar-refractivity contribution in [3.05, 3.63) is 47.2 Å². The summed E-state index contributed by atoms with van der Waals surface area (Å²) in [4.78, 5) is 0. The molecule has 16 heteroatoms. The zero-order valence-electron chi connectivity index (χ0n) is 22.4. The molecule has 2 saturated heterocycles. The zero-order chi connectivity index (χ0) is 31.4. The number of rotatable bonds is 6. The van der Waals surface area contributed by atoms with E-state index >= 15 is 0 Å². The summed E-state index contributed by atoms with van der Waals surface area (Å²) in [5.41, 5.74) is 0.256. The van der Waals surface area contributed by atoms with Crippen molar-refractivity contribution in [2.45, 2.75) is 73.7 Å². The molecular weight excluding hydrogens is 600 g/mol. The van der Waals surface area contributed by atoms with Crippen LogP contribution in [0.1, 0.15) is 18.1 Å². The second-order valence-corrected chi connectivity index (χ2v) is 11.0. The predicted molar refractivity (Wildman–Crippen MR) is 142 cm³/mol. The molecule has 0 amide bonds. The summed E-state index contributed by atoms with van der Waals surface area (Å²) >= 11 is 6.57. The number of phenolic OH excluding ortho intramolecular Hbond substituents is 4.